The molecule has 0 spiro atoms. The third-order valence-electron chi connectivity index (χ3n) is 3.50. The van der Waals surface area contributed by atoms with E-state index in [-0.39, 0.29) is 5.75 Å². The highest BCUT2D eigenvalue weighted by Gasteiger charge is 2.31. The van der Waals surface area contributed by atoms with E-state index in [2.05, 4.69) is 27.8 Å². The van der Waals surface area contributed by atoms with Crippen LogP contribution in [0.5, 0.6) is 0 Å². The third-order valence-corrected chi connectivity index (χ3v) is 6.70. The number of halogens is 1. The lowest BCUT2D eigenvalue weighted by atomic mass is 10.0. The van der Waals surface area contributed by atoms with Crippen LogP contribution in [0.25, 0.3) is 0 Å². The summed E-state index contributed by atoms with van der Waals surface area (Å²) in [4.78, 5) is 4.59. The molecule has 2 heterocycles. The first kappa shape index (κ1) is 14.9. The van der Waals surface area contributed by atoms with Crippen LogP contribution in [0.1, 0.15) is 19.0 Å². The zero-order valence-corrected chi connectivity index (χ0v) is 13.4. The van der Waals surface area contributed by atoms with Crippen LogP contribution in [0, 0.1) is 5.92 Å². The second-order valence-corrected chi connectivity index (χ2v) is 8.29. The Labute approximate surface area is 123 Å². The Balaban J connectivity index is 1.95. The molecule has 106 valence electrons. The van der Waals surface area contributed by atoms with Crippen molar-refractivity contribution >= 4 is 26.0 Å². The van der Waals surface area contributed by atoms with E-state index >= 15 is 0 Å². The molecule has 2 atom stereocenters. The summed E-state index contributed by atoms with van der Waals surface area (Å²) < 4.78 is 26.2. The van der Waals surface area contributed by atoms with E-state index in [1.165, 1.54) is 0 Å². The minimum absolute atomic E-state index is 0.143. The minimum atomic E-state index is -3.17. The van der Waals surface area contributed by atoms with E-state index in [4.69, 9.17) is 0 Å². The SMILES string of the molecule is CC1CN(S(=O)(=O)CCc2ccccn2)CCC1Br. The number of piperidine rings is 1. The van der Waals surface area contributed by atoms with Gasteiger partial charge in [-0.3, -0.25) is 4.98 Å². The van der Waals surface area contributed by atoms with Gasteiger partial charge in [0.25, 0.3) is 0 Å². The number of pyridine rings is 1. The molecule has 1 aromatic heterocycles. The fourth-order valence-electron chi connectivity index (χ4n) is 2.24. The minimum Gasteiger partial charge on any atom is -0.261 e. The highest BCUT2D eigenvalue weighted by molar-refractivity contribution is 9.09. The molecule has 1 fully saturated rings. The molecular formula is C13H19BrN2O2S. The zero-order valence-electron chi connectivity index (χ0n) is 11.0. The number of hydrogen-bond acceptors (Lipinski definition) is 3. The summed E-state index contributed by atoms with van der Waals surface area (Å²) >= 11 is 3.59. The van der Waals surface area contributed by atoms with Crippen molar-refractivity contribution in [2.75, 3.05) is 18.8 Å². The molecule has 0 saturated carbocycles. The number of rotatable bonds is 4. The normalized spacial score (nSPS) is 25.4. The Morgan fingerprint density at radius 3 is 2.89 bits per heavy atom. The van der Waals surface area contributed by atoms with Gasteiger partial charge in [-0.25, -0.2) is 12.7 Å². The van der Waals surface area contributed by atoms with Crippen molar-refractivity contribution in [1.29, 1.82) is 0 Å². The van der Waals surface area contributed by atoms with Crippen molar-refractivity contribution < 1.29 is 8.42 Å². The smallest absolute Gasteiger partial charge is 0.214 e. The fourth-order valence-corrected chi connectivity index (χ4v) is 4.18. The molecule has 0 amide bonds. The van der Waals surface area contributed by atoms with E-state index in [1.54, 1.807) is 10.5 Å². The van der Waals surface area contributed by atoms with Gasteiger partial charge < -0.3 is 0 Å². The van der Waals surface area contributed by atoms with Gasteiger partial charge in [-0.2, -0.15) is 0 Å². The third kappa shape index (κ3) is 4.00. The van der Waals surface area contributed by atoms with Crippen LogP contribution in [-0.4, -0.2) is 41.4 Å². The number of hydrogen-bond donors (Lipinski definition) is 0. The Morgan fingerprint density at radius 2 is 2.26 bits per heavy atom. The van der Waals surface area contributed by atoms with Crippen LogP contribution >= 0.6 is 15.9 Å². The molecule has 6 heteroatoms. The Hall–Kier alpha value is -0.460. The van der Waals surface area contributed by atoms with Crippen LogP contribution in [-0.2, 0) is 16.4 Å². The first-order valence-corrected chi connectivity index (χ1v) is 9.03. The number of aromatic nitrogens is 1. The van der Waals surface area contributed by atoms with Gasteiger partial charge >= 0.3 is 0 Å². The first-order valence-electron chi connectivity index (χ1n) is 6.51. The monoisotopic (exact) mass is 346 g/mol. The average molecular weight is 347 g/mol. The Kier molecular flexibility index (Phi) is 4.97. The van der Waals surface area contributed by atoms with Crippen molar-refractivity contribution in [3.8, 4) is 0 Å². The van der Waals surface area contributed by atoms with E-state index in [0.29, 0.717) is 30.3 Å². The molecule has 0 bridgehead atoms. The van der Waals surface area contributed by atoms with Crippen molar-refractivity contribution in [2.45, 2.75) is 24.6 Å². The Bertz CT molecular complexity index is 507. The summed E-state index contributed by atoms with van der Waals surface area (Å²) in [7, 11) is -3.17. The van der Waals surface area contributed by atoms with E-state index in [9.17, 15) is 8.42 Å². The molecule has 19 heavy (non-hydrogen) atoms. The summed E-state index contributed by atoms with van der Waals surface area (Å²) in [6.45, 7) is 3.31. The van der Waals surface area contributed by atoms with Crippen molar-refractivity contribution in [1.82, 2.24) is 9.29 Å². The van der Waals surface area contributed by atoms with Gasteiger partial charge in [0.2, 0.25) is 10.0 Å². The Morgan fingerprint density at radius 1 is 1.47 bits per heavy atom. The maximum absolute atomic E-state index is 12.3. The van der Waals surface area contributed by atoms with Crippen molar-refractivity contribution in [2.24, 2.45) is 5.92 Å². The van der Waals surface area contributed by atoms with Gasteiger partial charge in [-0.05, 0) is 24.5 Å². The van der Waals surface area contributed by atoms with E-state index in [0.717, 1.165) is 12.1 Å². The number of sulfonamides is 1. The maximum atomic E-state index is 12.3. The summed E-state index contributed by atoms with van der Waals surface area (Å²) in [5.74, 6) is 0.502. The predicted molar refractivity (Wildman–Crippen MR) is 79.8 cm³/mol. The average Bonchev–Trinajstić information content (AvgIpc) is 2.41. The lowest BCUT2D eigenvalue weighted by Crippen LogP contribution is -2.44. The van der Waals surface area contributed by atoms with E-state index < -0.39 is 10.0 Å². The molecule has 1 aliphatic rings. The zero-order chi connectivity index (χ0) is 13.9. The molecule has 4 nitrogen and oxygen atoms in total. The largest absolute Gasteiger partial charge is 0.261 e. The van der Waals surface area contributed by atoms with Crippen molar-refractivity contribution in [3.63, 3.8) is 0 Å². The standard InChI is InChI=1S/C13H19BrN2O2S/c1-11-10-16(8-5-13(11)14)19(17,18)9-6-12-4-2-3-7-15-12/h2-4,7,11,13H,5-6,8-10H2,1H3. The topological polar surface area (TPSA) is 50.3 Å². The van der Waals surface area contributed by atoms with Crippen molar-refractivity contribution in [3.05, 3.63) is 30.1 Å². The summed E-state index contributed by atoms with van der Waals surface area (Å²) in [6, 6.07) is 5.58. The van der Waals surface area contributed by atoms with E-state index in [1.807, 2.05) is 18.2 Å². The predicted octanol–water partition coefficient (Wildman–Crippen LogP) is 2.06. The molecule has 1 aromatic rings. The molecule has 0 N–H and O–H groups in total. The lowest BCUT2D eigenvalue weighted by molar-refractivity contribution is 0.292. The summed E-state index contributed by atoms with van der Waals surface area (Å²) in [5.41, 5.74) is 0.828. The van der Waals surface area contributed by atoms with Gasteiger partial charge in [0.15, 0.2) is 0 Å². The van der Waals surface area contributed by atoms with Gasteiger partial charge in [0.05, 0.1) is 5.75 Å². The first-order chi connectivity index (χ1) is 8.99. The molecule has 0 aliphatic carbocycles. The van der Waals surface area contributed by atoms with Crippen LogP contribution in [0.3, 0.4) is 0 Å². The summed E-state index contributed by atoms with van der Waals surface area (Å²) in [5, 5.41) is 0. The molecular weight excluding hydrogens is 328 g/mol. The van der Waals surface area contributed by atoms with Crippen LogP contribution < -0.4 is 0 Å². The van der Waals surface area contributed by atoms with Crippen LogP contribution in [0.15, 0.2) is 24.4 Å². The van der Waals surface area contributed by atoms with Gasteiger partial charge in [-0.1, -0.05) is 28.9 Å². The molecule has 1 saturated heterocycles. The highest BCUT2D eigenvalue weighted by Crippen LogP contribution is 2.25. The second kappa shape index (κ2) is 6.33. The maximum Gasteiger partial charge on any atom is 0.214 e. The lowest BCUT2D eigenvalue weighted by Gasteiger charge is -2.33. The van der Waals surface area contributed by atoms with Gasteiger partial charge in [0.1, 0.15) is 0 Å². The van der Waals surface area contributed by atoms with Crippen LogP contribution in [0.4, 0.5) is 0 Å². The molecule has 1 aliphatic heterocycles. The number of alkyl halides is 1. The molecule has 2 rings (SSSR count). The van der Waals surface area contributed by atoms with Gasteiger partial charge in [0, 0.05) is 36.2 Å². The molecule has 2 unspecified atom stereocenters. The number of aryl methyl sites for hydroxylation is 1. The fraction of sp³-hybridized carbons (Fsp3) is 0.615. The summed E-state index contributed by atoms with van der Waals surface area (Å²) in [6.07, 6.45) is 3.05. The second-order valence-electron chi connectivity index (χ2n) is 5.03. The molecule has 0 radical (unpaired) electrons. The van der Waals surface area contributed by atoms with Crippen LogP contribution in [0.2, 0.25) is 0 Å². The highest BCUT2D eigenvalue weighted by atomic mass is 79.9. The number of nitrogens with zero attached hydrogens (tertiary/aromatic N) is 2. The quantitative estimate of drug-likeness (QED) is 0.784. The van der Waals surface area contributed by atoms with Gasteiger partial charge in [-0.15, -0.1) is 0 Å². The molecule has 0 aromatic carbocycles.